The molecule has 0 radical (unpaired) electrons. The first kappa shape index (κ1) is 15.6. The van der Waals surface area contributed by atoms with E-state index >= 15 is 0 Å². The number of hydrogen-bond acceptors (Lipinski definition) is 4. The summed E-state index contributed by atoms with van der Waals surface area (Å²) >= 11 is 4.57. The van der Waals surface area contributed by atoms with Gasteiger partial charge in [0, 0.05) is 29.6 Å². The Hall–Kier alpha value is -1.80. The number of nitrogens with zero attached hydrogens (tertiary/aromatic N) is 2. The maximum atomic E-state index is 11.7. The molecule has 0 aliphatic rings. The molecule has 2 aromatic rings. The number of aryl methyl sites for hydroxylation is 1. The fraction of sp³-hybridized carbons (Fsp3) is 0.154. The average molecular weight is 369 g/mol. The quantitative estimate of drug-likeness (QED) is 0.813. The molecule has 0 bridgehead atoms. The van der Waals surface area contributed by atoms with Crippen LogP contribution >= 0.6 is 27.7 Å². The number of rotatable bonds is 4. The van der Waals surface area contributed by atoms with E-state index in [1.165, 1.54) is 11.8 Å². The average Bonchev–Trinajstić information content (AvgIpc) is 2.84. The highest BCUT2D eigenvalue weighted by Gasteiger charge is 2.10. The fourth-order valence-electron chi connectivity index (χ4n) is 1.48. The molecule has 21 heavy (non-hydrogen) atoms. The largest absolute Gasteiger partial charge is 0.329 e. The number of amides is 3. The molecule has 0 fully saturated rings. The number of imidazole rings is 1. The lowest BCUT2D eigenvalue weighted by atomic mass is 10.3. The Morgan fingerprint density at radius 2 is 2.05 bits per heavy atom. The van der Waals surface area contributed by atoms with E-state index in [4.69, 9.17) is 0 Å². The molecule has 0 unspecified atom stereocenters. The van der Waals surface area contributed by atoms with Gasteiger partial charge in [0.2, 0.25) is 5.91 Å². The first-order valence-corrected chi connectivity index (χ1v) is 7.79. The lowest BCUT2D eigenvalue weighted by Crippen LogP contribution is -2.35. The van der Waals surface area contributed by atoms with E-state index in [0.717, 1.165) is 9.63 Å². The normalized spacial score (nSPS) is 10.2. The Bertz CT molecular complexity index is 642. The molecule has 2 rings (SSSR count). The summed E-state index contributed by atoms with van der Waals surface area (Å²) in [6.07, 6.45) is 3.45. The van der Waals surface area contributed by atoms with E-state index in [1.807, 2.05) is 7.05 Å². The molecule has 0 aliphatic carbocycles. The van der Waals surface area contributed by atoms with Crippen molar-refractivity contribution < 1.29 is 9.59 Å². The highest BCUT2D eigenvalue weighted by atomic mass is 79.9. The van der Waals surface area contributed by atoms with Crippen LogP contribution in [0.1, 0.15) is 0 Å². The number of urea groups is 1. The van der Waals surface area contributed by atoms with E-state index in [0.29, 0.717) is 5.69 Å². The van der Waals surface area contributed by atoms with Gasteiger partial charge in [0.1, 0.15) is 0 Å². The zero-order valence-electron chi connectivity index (χ0n) is 11.2. The summed E-state index contributed by atoms with van der Waals surface area (Å²) in [7, 11) is 1.84. The van der Waals surface area contributed by atoms with Gasteiger partial charge in [-0.15, -0.1) is 0 Å². The second kappa shape index (κ2) is 7.28. The number of thioether (sulfide) groups is 1. The number of carbonyl (C=O) groups excluding carboxylic acids is 2. The summed E-state index contributed by atoms with van der Waals surface area (Å²) in [5.41, 5.74) is 0.611. The van der Waals surface area contributed by atoms with Crippen LogP contribution in [0.2, 0.25) is 0 Å². The first-order chi connectivity index (χ1) is 10.0. The highest BCUT2D eigenvalue weighted by Crippen LogP contribution is 2.15. The lowest BCUT2D eigenvalue weighted by molar-refractivity contribution is -0.117. The van der Waals surface area contributed by atoms with E-state index in [-0.39, 0.29) is 11.7 Å². The molecule has 0 spiro atoms. The molecule has 0 saturated carbocycles. The third-order valence-corrected chi connectivity index (χ3v) is 4.05. The van der Waals surface area contributed by atoms with Gasteiger partial charge in [-0.1, -0.05) is 27.7 Å². The Kier molecular flexibility index (Phi) is 5.40. The number of halogens is 1. The summed E-state index contributed by atoms with van der Waals surface area (Å²) < 4.78 is 2.72. The molecule has 1 aromatic heterocycles. The van der Waals surface area contributed by atoms with Crippen molar-refractivity contribution in [3.8, 4) is 0 Å². The third kappa shape index (κ3) is 4.91. The van der Waals surface area contributed by atoms with Crippen molar-refractivity contribution in [2.75, 3.05) is 11.1 Å². The number of carbonyl (C=O) groups is 2. The SMILES string of the molecule is Cn1ccnc1SCC(=O)NC(=O)Nc1ccc(Br)cc1. The highest BCUT2D eigenvalue weighted by molar-refractivity contribution is 9.10. The topological polar surface area (TPSA) is 76.0 Å². The van der Waals surface area contributed by atoms with Crippen molar-refractivity contribution in [1.29, 1.82) is 0 Å². The number of aromatic nitrogens is 2. The molecular formula is C13H13BrN4O2S. The predicted molar refractivity (Wildman–Crippen MR) is 85.2 cm³/mol. The molecule has 110 valence electrons. The van der Waals surface area contributed by atoms with Gasteiger partial charge in [-0.05, 0) is 24.3 Å². The van der Waals surface area contributed by atoms with Crippen LogP contribution < -0.4 is 10.6 Å². The van der Waals surface area contributed by atoms with Crippen molar-refractivity contribution in [2.45, 2.75) is 5.16 Å². The second-order valence-electron chi connectivity index (χ2n) is 4.12. The van der Waals surface area contributed by atoms with Gasteiger partial charge in [0.05, 0.1) is 5.75 Å². The van der Waals surface area contributed by atoms with Crippen LogP contribution in [0.25, 0.3) is 0 Å². The van der Waals surface area contributed by atoms with Crippen molar-refractivity contribution >= 4 is 45.3 Å². The first-order valence-electron chi connectivity index (χ1n) is 6.01. The van der Waals surface area contributed by atoms with E-state index < -0.39 is 6.03 Å². The molecule has 0 aliphatic heterocycles. The van der Waals surface area contributed by atoms with Gasteiger partial charge in [-0.25, -0.2) is 9.78 Å². The van der Waals surface area contributed by atoms with Crippen molar-refractivity contribution in [2.24, 2.45) is 7.05 Å². The van der Waals surface area contributed by atoms with Crippen LogP contribution in [0.4, 0.5) is 10.5 Å². The number of benzene rings is 1. The van der Waals surface area contributed by atoms with Gasteiger partial charge in [-0.3, -0.25) is 10.1 Å². The Morgan fingerprint density at radius 3 is 2.67 bits per heavy atom. The molecule has 8 heteroatoms. The number of nitrogens with one attached hydrogen (secondary N) is 2. The minimum Gasteiger partial charge on any atom is -0.329 e. The summed E-state index contributed by atoms with van der Waals surface area (Å²) in [5, 5.41) is 5.57. The molecule has 0 saturated heterocycles. The molecule has 1 heterocycles. The van der Waals surface area contributed by atoms with Crippen molar-refractivity contribution in [3.63, 3.8) is 0 Å². The molecule has 2 N–H and O–H groups in total. The second-order valence-corrected chi connectivity index (χ2v) is 5.98. The predicted octanol–water partition coefficient (Wildman–Crippen LogP) is 2.62. The van der Waals surface area contributed by atoms with Crippen LogP contribution in [0.3, 0.4) is 0 Å². The van der Waals surface area contributed by atoms with E-state index in [2.05, 4.69) is 31.5 Å². The smallest absolute Gasteiger partial charge is 0.325 e. The maximum absolute atomic E-state index is 11.7. The minimum atomic E-state index is -0.553. The summed E-state index contributed by atoms with van der Waals surface area (Å²) in [6, 6.07) is 6.51. The van der Waals surface area contributed by atoms with Gasteiger partial charge in [-0.2, -0.15) is 0 Å². The molecular weight excluding hydrogens is 356 g/mol. The van der Waals surface area contributed by atoms with Crippen LogP contribution in [0, 0.1) is 0 Å². The Balaban J connectivity index is 1.78. The van der Waals surface area contributed by atoms with Crippen molar-refractivity contribution in [3.05, 3.63) is 41.1 Å². The number of imide groups is 1. The van der Waals surface area contributed by atoms with E-state index in [9.17, 15) is 9.59 Å². The van der Waals surface area contributed by atoms with Gasteiger partial charge < -0.3 is 9.88 Å². The number of hydrogen-bond donors (Lipinski definition) is 2. The van der Waals surface area contributed by atoms with Gasteiger partial charge in [0.15, 0.2) is 5.16 Å². The molecule has 0 atom stereocenters. The van der Waals surface area contributed by atoms with Crippen molar-refractivity contribution in [1.82, 2.24) is 14.9 Å². The number of anilines is 1. The maximum Gasteiger partial charge on any atom is 0.325 e. The van der Waals surface area contributed by atoms with Gasteiger partial charge >= 0.3 is 6.03 Å². The third-order valence-electron chi connectivity index (χ3n) is 2.46. The van der Waals surface area contributed by atoms with Crippen LogP contribution in [-0.4, -0.2) is 27.2 Å². The lowest BCUT2D eigenvalue weighted by Gasteiger charge is -2.06. The summed E-state index contributed by atoms with van der Waals surface area (Å²) in [5.74, 6) is -0.254. The summed E-state index contributed by atoms with van der Waals surface area (Å²) in [6.45, 7) is 0. The fourth-order valence-corrected chi connectivity index (χ4v) is 2.48. The Morgan fingerprint density at radius 1 is 1.33 bits per heavy atom. The Labute approximate surface area is 134 Å². The monoisotopic (exact) mass is 368 g/mol. The standard InChI is InChI=1S/C13H13BrN4O2S/c1-18-7-6-15-13(18)21-8-11(19)17-12(20)16-10-4-2-9(14)3-5-10/h2-7H,8H2,1H3,(H2,16,17,19,20). The van der Waals surface area contributed by atoms with Crippen LogP contribution in [-0.2, 0) is 11.8 Å². The molecule has 1 aromatic carbocycles. The molecule has 3 amide bonds. The summed E-state index contributed by atoms with van der Waals surface area (Å²) in [4.78, 5) is 27.4. The van der Waals surface area contributed by atoms with E-state index in [1.54, 1.807) is 41.2 Å². The van der Waals surface area contributed by atoms with Crippen LogP contribution in [0.5, 0.6) is 0 Å². The van der Waals surface area contributed by atoms with Crippen LogP contribution in [0.15, 0.2) is 46.3 Å². The zero-order valence-corrected chi connectivity index (χ0v) is 13.6. The molecule has 6 nitrogen and oxygen atoms in total. The minimum absolute atomic E-state index is 0.124. The van der Waals surface area contributed by atoms with Gasteiger partial charge in [0.25, 0.3) is 0 Å². The zero-order chi connectivity index (χ0) is 15.2.